The number of alkyl halides is 3. The summed E-state index contributed by atoms with van der Waals surface area (Å²) in [5.74, 6) is -0.424. The van der Waals surface area contributed by atoms with Crippen LogP contribution < -0.4 is 10.1 Å². The number of anilines is 1. The lowest BCUT2D eigenvalue weighted by Crippen LogP contribution is -2.47. The summed E-state index contributed by atoms with van der Waals surface area (Å²) in [4.78, 5) is 30.4. The van der Waals surface area contributed by atoms with Gasteiger partial charge in [0.25, 0.3) is 0 Å². The quantitative estimate of drug-likeness (QED) is 0.507. The maximum Gasteiger partial charge on any atom is 0.573 e. The van der Waals surface area contributed by atoms with Crippen LogP contribution in [0.4, 0.5) is 18.9 Å². The molecule has 2 aliphatic carbocycles. The lowest BCUT2D eigenvalue weighted by molar-refractivity contribution is -0.274. The van der Waals surface area contributed by atoms with Gasteiger partial charge in [-0.1, -0.05) is 0 Å². The summed E-state index contributed by atoms with van der Waals surface area (Å²) in [7, 11) is 1.77. The van der Waals surface area contributed by atoms with Gasteiger partial charge in [-0.2, -0.15) is 0 Å². The number of carbonyl (C=O) groups excluding carboxylic acids is 2. The highest BCUT2D eigenvalue weighted by Crippen LogP contribution is 2.58. The maximum absolute atomic E-state index is 13.7. The largest absolute Gasteiger partial charge is 0.573 e. The summed E-state index contributed by atoms with van der Waals surface area (Å²) in [5, 5.41) is 3.18. The number of rotatable bonds is 9. The Bertz CT molecular complexity index is 920. The van der Waals surface area contributed by atoms with Crippen LogP contribution >= 0.6 is 0 Å². The predicted molar refractivity (Wildman–Crippen MR) is 133 cm³/mol. The Kier molecular flexibility index (Phi) is 8.56. The van der Waals surface area contributed by atoms with Crippen LogP contribution in [0.2, 0.25) is 0 Å². The van der Waals surface area contributed by atoms with Gasteiger partial charge in [-0.3, -0.25) is 9.59 Å². The molecule has 1 aromatic carbocycles. The first-order valence-corrected chi connectivity index (χ1v) is 13.3. The van der Waals surface area contributed by atoms with Crippen LogP contribution in [0.25, 0.3) is 0 Å². The highest BCUT2D eigenvalue weighted by atomic mass is 19.4. The van der Waals surface area contributed by atoms with Crippen molar-refractivity contribution in [1.82, 2.24) is 9.80 Å². The number of halogens is 3. The summed E-state index contributed by atoms with van der Waals surface area (Å²) < 4.78 is 46.4. The van der Waals surface area contributed by atoms with Crippen LogP contribution in [0.15, 0.2) is 24.3 Å². The molecule has 37 heavy (non-hydrogen) atoms. The third kappa shape index (κ3) is 7.52. The van der Waals surface area contributed by atoms with Crippen LogP contribution in [-0.2, 0) is 14.3 Å². The third-order valence-electron chi connectivity index (χ3n) is 8.39. The average Bonchev–Trinajstić information content (AvgIpc) is 3.64. The Morgan fingerprint density at radius 1 is 1.14 bits per heavy atom. The average molecular weight is 526 g/mol. The molecule has 1 saturated heterocycles. The third-order valence-corrected chi connectivity index (χ3v) is 8.39. The molecule has 3 fully saturated rings. The second-order valence-corrected chi connectivity index (χ2v) is 10.9. The zero-order valence-electron chi connectivity index (χ0n) is 21.7. The van der Waals surface area contributed by atoms with Crippen molar-refractivity contribution < 1.29 is 32.2 Å². The number of morpholine rings is 1. The van der Waals surface area contributed by atoms with Gasteiger partial charge < -0.3 is 24.6 Å². The van der Waals surface area contributed by atoms with E-state index in [-0.39, 0.29) is 41.9 Å². The van der Waals surface area contributed by atoms with Gasteiger partial charge in [0.2, 0.25) is 11.8 Å². The van der Waals surface area contributed by atoms with Crippen LogP contribution in [0.5, 0.6) is 5.75 Å². The molecular formula is C27H38F3N3O4. The molecule has 0 radical (unpaired) electrons. The van der Waals surface area contributed by atoms with Crippen LogP contribution in [0, 0.1) is 17.3 Å². The second kappa shape index (κ2) is 11.5. The zero-order valence-corrected chi connectivity index (χ0v) is 21.7. The Labute approximate surface area is 216 Å². The van der Waals surface area contributed by atoms with Crippen LogP contribution in [0.1, 0.15) is 51.9 Å². The molecule has 1 aliphatic heterocycles. The van der Waals surface area contributed by atoms with Gasteiger partial charge in [0.15, 0.2) is 0 Å². The minimum Gasteiger partial charge on any atom is -0.406 e. The molecular weight excluding hydrogens is 487 g/mol. The fourth-order valence-corrected chi connectivity index (χ4v) is 5.57. The van der Waals surface area contributed by atoms with E-state index in [1.165, 1.54) is 37.1 Å². The molecule has 0 aromatic heterocycles. The van der Waals surface area contributed by atoms with Gasteiger partial charge in [-0.15, -0.1) is 13.2 Å². The van der Waals surface area contributed by atoms with Crippen molar-refractivity contribution >= 4 is 17.5 Å². The first-order chi connectivity index (χ1) is 17.6. The van der Waals surface area contributed by atoms with Gasteiger partial charge in [-0.05, 0) is 81.0 Å². The highest BCUT2D eigenvalue weighted by molar-refractivity contribution is 5.86. The molecule has 0 bridgehead atoms. The van der Waals surface area contributed by atoms with Crippen LogP contribution in [-0.4, -0.2) is 73.9 Å². The number of nitrogens with one attached hydrogen (secondary N) is 1. The van der Waals surface area contributed by atoms with E-state index in [0.717, 1.165) is 25.7 Å². The molecule has 1 spiro atoms. The first-order valence-electron chi connectivity index (χ1n) is 13.3. The summed E-state index contributed by atoms with van der Waals surface area (Å²) >= 11 is 0. The monoisotopic (exact) mass is 525 g/mol. The Balaban J connectivity index is 1.35. The van der Waals surface area contributed by atoms with E-state index in [1.807, 2.05) is 11.8 Å². The zero-order chi connectivity index (χ0) is 26.6. The summed E-state index contributed by atoms with van der Waals surface area (Å²) in [6, 6.07) is 5.33. The second-order valence-electron chi connectivity index (χ2n) is 10.9. The van der Waals surface area contributed by atoms with Gasteiger partial charge in [0.05, 0.1) is 13.2 Å². The molecule has 2 atom stereocenters. The van der Waals surface area contributed by atoms with Gasteiger partial charge >= 0.3 is 6.36 Å². The van der Waals surface area contributed by atoms with Crippen molar-refractivity contribution in [2.75, 3.05) is 45.2 Å². The topological polar surface area (TPSA) is 71.1 Å². The van der Waals surface area contributed by atoms with Gasteiger partial charge in [0.1, 0.15) is 5.75 Å². The maximum atomic E-state index is 13.7. The van der Waals surface area contributed by atoms with E-state index in [9.17, 15) is 22.8 Å². The van der Waals surface area contributed by atoms with Crippen molar-refractivity contribution in [1.29, 1.82) is 0 Å². The van der Waals surface area contributed by atoms with E-state index in [4.69, 9.17) is 4.74 Å². The number of benzene rings is 1. The fraction of sp³-hybridized carbons (Fsp3) is 0.704. The van der Waals surface area contributed by atoms with Crippen molar-refractivity contribution in [3.05, 3.63) is 24.3 Å². The molecule has 2 amide bonds. The SMILES string of the molecule is C[C@@H](CNc1ccc(OC(F)(F)F)cc1)N(C)C(=O)[C@H](CC(=O)N1CCOCC1)C1CCC2(CC1)CC2. The van der Waals surface area contributed by atoms with Gasteiger partial charge in [0, 0.05) is 50.7 Å². The van der Waals surface area contributed by atoms with Crippen molar-refractivity contribution in [2.45, 2.75) is 64.3 Å². The van der Waals surface area contributed by atoms with E-state index in [1.54, 1.807) is 11.9 Å². The molecule has 3 aliphatic rings. The number of ether oxygens (including phenoxy) is 2. The number of amides is 2. The summed E-state index contributed by atoms with van der Waals surface area (Å²) in [5.41, 5.74) is 1.13. The minimum atomic E-state index is -4.73. The van der Waals surface area contributed by atoms with Crippen LogP contribution in [0.3, 0.4) is 0 Å². The molecule has 7 nitrogen and oxygen atoms in total. The Morgan fingerprint density at radius 3 is 2.32 bits per heavy atom. The molecule has 1 N–H and O–H groups in total. The molecule has 1 heterocycles. The number of likely N-dealkylation sites (N-methyl/N-ethyl adjacent to an activating group) is 1. The normalized spacial score (nSPS) is 21.3. The van der Waals surface area contributed by atoms with Crippen molar-refractivity contribution in [3.8, 4) is 5.75 Å². The smallest absolute Gasteiger partial charge is 0.406 e. The lowest BCUT2D eigenvalue weighted by Gasteiger charge is -2.37. The molecule has 206 valence electrons. The number of nitrogens with zero attached hydrogens (tertiary/aromatic N) is 2. The molecule has 10 heteroatoms. The van der Waals surface area contributed by atoms with E-state index in [0.29, 0.717) is 44.0 Å². The number of hydrogen-bond acceptors (Lipinski definition) is 5. The first kappa shape index (κ1) is 27.5. The number of carbonyl (C=O) groups is 2. The van der Waals surface area contributed by atoms with E-state index in [2.05, 4.69) is 10.1 Å². The minimum absolute atomic E-state index is 0.0124. The fourth-order valence-electron chi connectivity index (χ4n) is 5.57. The standard InChI is InChI=1S/C27H38F3N3O4/c1-19(18-31-21-3-5-22(6-4-21)37-27(28,29)30)32(2)25(35)23(17-24(34)33-13-15-36-16-14-33)20-7-9-26(10-8-20)11-12-26/h3-6,19-20,23,31H,7-18H2,1-2H3/t19-,23+/m0/s1. The predicted octanol–water partition coefficient (Wildman–Crippen LogP) is 4.68. The van der Waals surface area contributed by atoms with E-state index < -0.39 is 6.36 Å². The van der Waals surface area contributed by atoms with Crippen molar-refractivity contribution in [2.24, 2.45) is 17.3 Å². The Morgan fingerprint density at radius 2 is 1.76 bits per heavy atom. The molecule has 1 aromatic rings. The van der Waals surface area contributed by atoms with E-state index >= 15 is 0 Å². The summed E-state index contributed by atoms with van der Waals surface area (Å²) in [6.45, 7) is 4.53. The molecule has 0 unspecified atom stereocenters. The van der Waals surface area contributed by atoms with Crippen molar-refractivity contribution in [3.63, 3.8) is 0 Å². The highest BCUT2D eigenvalue weighted by Gasteiger charge is 2.47. The van der Waals surface area contributed by atoms with Gasteiger partial charge in [-0.25, -0.2) is 0 Å². The molecule has 4 rings (SSSR count). The molecule has 2 saturated carbocycles. The Hall–Kier alpha value is -2.49. The lowest BCUT2D eigenvalue weighted by atomic mass is 9.72. The summed E-state index contributed by atoms with van der Waals surface area (Å²) in [6.07, 6.45) is 2.32. The number of hydrogen-bond donors (Lipinski definition) is 1.